The van der Waals surface area contributed by atoms with E-state index in [9.17, 15) is 18.0 Å². The molecule has 39 heavy (non-hydrogen) atoms. The van der Waals surface area contributed by atoms with E-state index in [1.165, 1.54) is 6.07 Å². The molecule has 1 amide bonds. The van der Waals surface area contributed by atoms with Gasteiger partial charge in [-0.15, -0.1) is 21.5 Å². The highest BCUT2D eigenvalue weighted by Crippen LogP contribution is 2.26. The average Bonchev–Trinajstić information content (AvgIpc) is 3.58. The van der Waals surface area contributed by atoms with E-state index in [1.54, 1.807) is 55.5 Å². The van der Waals surface area contributed by atoms with Gasteiger partial charge in [0.1, 0.15) is 10.8 Å². The normalized spacial score (nSPS) is 12.3. The number of hydrogen-bond acceptors (Lipinski definition) is 8. The second kappa shape index (κ2) is 12.8. The molecule has 14 heteroatoms. The lowest BCUT2D eigenvalue weighted by atomic mass is 10.1. The van der Waals surface area contributed by atoms with Crippen molar-refractivity contribution < 1.29 is 18.0 Å². The van der Waals surface area contributed by atoms with Crippen LogP contribution in [0.2, 0.25) is 10.0 Å². The van der Waals surface area contributed by atoms with Crippen LogP contribution in [0.1, 0.15) is 40.0 Å². The summed E-state index contributed by atoms with van der Waals surface area (Å²) in [6, 6.07) is 15.9. The maximum atomic E-state index is 13.0. The predicted molar refractivity (Wildman–Crippen MR) is 148 cm³/mol. The number of carbonyl (C=O) groups is 2. The van der Waals surface area contributed by atoms with Crippen molar-refractivity contribution in [1.82, 2.24) is 30.2 Å². The van der Waals surface area contributed by atoms with Gasteiger partial charge in [0.05, 0.1) is 12.6 Å². The molecule has 2 aromatic carbocycles. The highest BCUT2D eigenvalue weighted by atomic mass is 35.5. The molecule has 0 aliphatic rings. The number of aromatic nitrogens is 4. The van der Waals surface area contributed by atoms with Gasteiger partial charge in [-0.3, -0.25) is 9.59 Å². The summed E-state index contributed by atoms with van der Waals surface area (Å²) >= 11 is 13.4. The Bertz CT molecular complexity index is 1550. The average molecular weight is 608 g/mol. The van der Waals surface area contributed by atoms with E-state index in [4.69, 9.17) is 23.2 Å². The van der Waals surface area contributed by atoms with Gasteiger partial charge >= 0.3 is 0 Å². The summed E-state index contributed by atoms with van der Waals surface area (Å²) in [6.45, 7) is 1.60. The Labute approximate surface area is 239 Å². The number of hydrogen-bond donors (Lipinski definition) is 2. The Morgan fingerprint density at radius 1 is 1.03 bits per heavy atom. The molecular formula is C25H24Cl2N6O4S2. The molecule has 4 aromatic rings. The fraction of sp³-hybridized carbons (Fsp3) is 0.240. The molecule has 0 aliphatic carbocycles. The topological polar surface area (TPSA) is 136 Å². The zero-order valence-electron chi connectivity index (χ0n) is 20.7. The quantitative estimate of drug-likeness (QED) is 0.250. The van der Waals surface area contributed by atoms with E-state index in [1.807, 2.05) is 6.07 Å². The molecular weight excluding hydrogens is 583 g/mol. The number of amides is 1. The Hall–Kier alpha value is -3.16. The minimum absolute atomic E-state index is 0.0375. The lowest BCUT2D eigenvalue weighted by molar-refractivity contribution is -0.121. The van der Waals surface area contributed by atoms with Crippen LogP contribution in [0.15, 0.2) is 64.9 Å². The molecule has 0 spiro atoms. The van der Waals surface area contributed by atoms with Gasteiger partial charge in [0.15, 0.2) is 11.6 Å². The first kappa shape index (κ1) is 28.8. The third kappa shape index (κ3) is 7.49. The molecule has 2 N–H and O–H groups in total. The summed E-state index contributed by atoms with van der Waals surface area (Å²) in [7, 11) is -3.98. The Morgan fingerprint density at radius 2 is 1.74 bits per heavy atom. The number of nitrogens with one attached hydrogen (secondary N) is 2. The summed E-state index contributed by atoms with van der Waals surface area (Å²) in [4.78, 5) is 26.9. The molecule has 2 aromatic heterocycles. The van der Waals surface area contributed by atoms with E-state index in [-0.39, 0.29) is 36.0 Å². The van der Waals surface area contributed by atoms with Gasteiger partial charge in [0.2, 0.25) is 0 Å². The Kier molecular flexibility index (Phi) is 9.46. The van der Waals surface area contributed by atoms with Crippen LogP contribution in [0.5, 0.6) is 0 Å². The highest BCUT2D eigenvalue weighted by Gasteiger charge is 2.26. The smallest absolute Gasteiger partial charge is 0.251 e. The maximum Gasteiger partial charge on any atom is 0.251 e. The molecule has 0 saturated carbocycles. The predicted octanol–water partition coefficient (Wildman–Crippen LogP) is 3.89. The summed E-state index contributed by atoms with van der Waals surface area (Å²) in [5, 5.41) is 15.8. The van der Waals surface area contributed by atoms with Gasteiger partial charge in [0, 0.05) is 26.9 Å². The molecule has 0 saturated heterocycles. The molecule has 1 atom stereocenters. The molecule has 2 heterocycles. The van der Waals surface area contributed by atoms with E-state index < -0.39 is 21.8 Å². The number of thiophene rings is 1. The molecule has 0 aliphatic heterocycles. The fourth-order valence-corrected chi connectivity index (χ4v) is 6.75. The summed E-state index contributed by atoms with van der Waals surface area (Å²) < 4.78 is 28.5. The van der Waals surface area contributed by atoms with Crippen molar-refractivity contribution in [3.8, 4) is 0 Å². The minimum atomic E-state index is -3.98. The number of sulfonamides is 1. The third-order valence-electron chi connectivity index (χ3n) is 5.64. The van der Waals surface area contributed by atoms with Crippen LogP contribution in [-0.2, 0) is 34.3 Å². The highest BCUT2D eigenvalue weighted by molar-refractivity contribution is 7.91. The van der Waals surface area contributed by atoms with Gasteiger partial charge in [0.25, 0.3) is 15.9 Å². The van der Waals surface area contributed by atoms with E-state index in [0.29, 0.717) is 31.9 Å². The number of Topliss-reactive ketones (excluding diaryl/α,β-unsaturated/α-hetero) is 1. The van der Waals surface area contributed by atoms with Crippen LogP contribution < -0.4 is 10.0 Å². The third-order valence-corrected chi connectivity index (χ3v) is 9.40. The monoisotopic (exact) mass is 606 g/mol. The number of halogens is 2. The van der Waals surface area contributed by atoms with Crippen molar-refractivity contribution in [2.45, 2.75) is 43.1 Å². The first-order valence-electron chi connectivity index (χ1n) is 11.8. The molecule has 0 radical (unpaired) electrons. The maximum absolute atomic E-state index is 13.0. The van der Waals surface area contributed by atoms with Crippen LogP contribution in [0.3, 0.4) is 0 Å². The zero-order valence-corrected chi connectivity index (χ0v) is 23.8. The van der Waals surface area contributed by atoms with Gasteiger partial charge in [-0.25, -0.2) is 8.42 Å². The molecule has 204 valence electrons. The molecule has 4 rings (SSSR count). The zero-order chi connectivity index (χ0) is 28.0. The van der Waals surface area contributed by atoms with Gasteiger partial charge in [-0.1, -0.05) is 54.4 Å². The van der Waals surface area contributed by atoms with Crippen molar-refractivity contribution in [2.75, 3.05) is 0 Å². The number of benzene rings is 2. The second-order valence-electron chi connectivity index (χ2n) is 8.43. The standard InChI is InChI=1S/C25H24Cl2N6O4S2/c1-2-21(22(34)15-33-30-23(29-32-33)13-18-19(26)9-6-10-20(18)27)31-39(36,37)24-12-11-17(38-24)14-28-25(35)16-7-4-3-5-8-16/h3-12,21,31H,2,13-15H2,1H3,(H,28,35). The lowest BCUT2D eigenvalue weighted by Gasteiger charge is -2.14. The second-order valence-corrected chi connectivity index (χ2v) is 12.4. The molecule has 0 fully saturated rings. The lowest BCUT2D eigenvalue weighted by Crippen LogP contribution is -2.41. The van der Waals surface area contributed by atoms with Crippen LogP contribution in [0, 0.1) is 0 Å². The number of tetrazole rings is 1. The van der Waals surface area contributed by atoms with E-state index >= 15 is 0 Å². The van der Waals surface area contributed by atoms with Crippen molar-refractivity contribution in [1.29, 1.82) is 0 Å². The first-order chi connectivity index (χ1) is 18.7. The van der Waals surface area contributed by atoms with Gasteiger partial charge < -0.3 is 5.32 Å². The van der Waals surface area contributed by atoms with Crippen molar-refractivity contribution in [3.63, 3.8) is 0 Å². The van der Waals surface area contributed by atoms with Gasteiger partial charge in [-0.2, -0.15) is 9.52 Å². The van der Waals surface area contributed by atoms with Crippen molar-refractivity contribution in [2.24, 2.45) is 0 Å². The molecule has 1 unspecified atom stereocenters. The van der Waals surface area contributed by atoms with Crippen molar-refractivity contribution in [3.05, 3.63) is 92.5 Å². The van der Waals surface area contributed by atoms with Crippen molar-refractivity contribution >= 4 is 56.3 Å². The fourth-order valence-electron chi connectivity index (χ4n) is 3.60. The largest absolute Gasteiger partial charge is 0.347 e. The summed E-state index contributed by atoms with van der Waals surface area (Å²) in [5.74, 6) is -0.368. The summed E-state index contributed by atoms with van der Waals surface area (Å²) in [6.07, 6.45) is 0.448. The van der Waals surface area contributed by atoms with Gasteiger partial charge in [-0.05, 0) is 53.6 Å². The van der Waals surface area contributed by atoms with E-state index in [2.05, 4.69) is 25.4 Å². The number of nitrogens with zero attached hydrogens (tertiary/aromatic N) is 4. The van der Waals surface area contributed by atoms with Crippen LogP contribution >= 0.6 is 34.5 Å². The molecule has 10 nitrogen and oxygen atoms in total. The number of rotatable bonds is 12. The minimum Gasteiger partial charge on any atom is -0.347 e. The number of ketones is 1. The molecule has 0 bridgehead atoms. The number of carbonyl (C=O) groups excluding carboxylic acids is 2. The summed E-state index contributed by atoms with van der Waals surface area (Å²) in [5.41, 5.74) is 1.15. The Morgan fingerprint density at radius 3 is 2.44 bits per heavy atom. The van der Waals surface area contributed by atoms with Crippen LogP contribution in [0.4, 0.5) is 0 Å². The van der Waals surface area contributed by atoms with Crippen LogP contribution in [0.25, 0.3) is 0 Å². The van der Waals surface area contributed by atoms with E-state index in [0.717, 1.165) is 16.1 Å². The Balaban J connectivity index is 1.35. The first-order valence-corrected chi connectivity index (χ1v) is 14.9. The van der Waals surface area contributed by atoms with Crippen LogP contribution in [-0.4, -0.2) is 46.4 Å². The SMILES string of the molecule is CCC(NS(=O)(=O)c1ccc(CNC(=O)c2ccccc2)s1)C(=O)Cn1nnc(Cc2c(Cl)cccc2Cl)n1.